The Morgan fingerprint density at radius 1 is 1.26 bits per heavy atom. The summed E-state index contributed by atoms with van der Waals surface area (Å²) in [5.41, 5.74) is 2.54. The molecule has 27 heavy (non-hydrogen) atoms. The standard InChI is InChI=1S/C20H17N3O3S/c1-23-19(24)16(22-20(23)27)9-13-7-8-17(18(10-13)25-2)26-12-15-6-4-3-5-14(15)11-21/h3-10H,12H2,1-2H3,(H,22,27)/b16-9-. The van der Waals surface area contributed by atoms with Crippen LogP contribution >= 0.6 is 12.2 Å². The number of hydrogen-bond acceptors (Lipinski definition) is 5. The van der Waals surface area contributed by atoms with Crippen LogP contribution in [0.5, 0.6) is 11.5 Å². The average Bonchev–Trinajstić information content (AvgIpc) is 2.93. The Bertz CT molecular complexity index is 979. The van der Waals surface area contributed by atoms with Crippen LogP contribution in [-0.2, 0) is 11.4 Å². The molecule has 0 saturated carbocycles. The van der Waals surface area contributed by atoms with E-state index in [9.17, 15) is 4.79 Å². The second-order valence-electron chi connectivity index (χ2n) is 5.82. The third kappa shape index (κ3) is 3.91. The summed E-state index contributed by atoms with van der Waals surface area (Å²) in [6, 6.07) is 14.8. The number of nitrogens with zero attached hydrogens (tertiary/aromatic N) is 2. The number of nitriles is 1. The van der Waals surface area contributed by atoms with Crippen LogP contribution in [-0.4, -0.2) is 30.1 Å². The van der Waals surface area contributed by atoms with E-state index in [0.29, 0.717) is 27.9 Å². The number of benzene rings is 2. The summed E-state index contributed by atoms with van der Waals surface area (Å²) in [6.45, 7) is 0.250. The molecule has 1 amide bonds. The number of carbonyl (C=O) groups is 1. The molecule has 1 N–H and O–H groups in total. The van der Waals surface area contributed by atoms with E-state index in [1.807, 2.05) is 24.3 Å². The smallest absolute Gasteiger partial charge is 0.276 e. The molecule has 2 aromatic rings. The van der Waals surface area contributed by atoms with Gasteiger partial charge >= 0.3 is 0 Å². The van der Waals surface area contributed by atoms with E-state index < -0.39 is 0 Å². The molecule has 0 bridgehead atoms. The number of amides is 1. The fourth-order valence-corrected chi connectivity index (χ4v) is 2.79. The van der Waals surface area contributed by atoms with Crippen LogP contribution in [0, 0.1) is 11.3 Å². The number of carbonyl (C=O) groups excluding carboxylic acids is 1. The first-order valence-electron chi connectivity index (χ1n) is 8.13. The van der Waals surface area contributed by atoms with Crippen molar-refractivity contribution in [3.05, 3.63) is 64.9 Å². The summed E-state index contributed by atoms with van der Waals surface area (Å²) < 4.78 is 11.2. The van der Waals surface area contributed by atoms with Crippen molar-refractivity contribution in [2.75, 3.05) is 14.2 Å². The first-order valence-corrected chi connectivity index (χ1v) is 8.54. The van der Waals surface area contributed by atoms with Gasteiger partial charge in [0.05, 0.1) is 18.7 Å². The van der Waals surface area contributed by atoms with E-state index in [2.05, 4.69) is 11.4 Å². The van der Waals surface area contributed by atoms with E-state index >= 15 is 0 Å². The molecule has 6 nitrogen and oxygen atoms in total. The molecule has 0 spiro atoms. The van der Waals surface area contributed by atoms with Gasteiger partial charge in [-0.25, -0.2) is 0 Å². The summed E-state index contributed by atoms with van der Waals surface area (Å²) in [5.74, 6) is 0.887. The van der Waals surface area contributed by atoms with Crippen molar-refractivity contribution in [3.8, 4) is 17.6 Å². The topological polar surface area (TPSA) is 74.6 Å². The lowest BCUT2D eigenvalue weighted by Gasteiger charge is -2.12. The molecule has 0 aliphatic carbocycles. The molecule has 1 heterocycles. The maximum Gasteiger partial charge on any atom is 0.276 e. The lowest BCUT2D eigenvalue weighted by atomic mass is 10.1. The van der Waals surface area contributed by atoms with Crippen LogP contribution in [0.2, 0.25) is 0 Å². The molecule has 3 rings (SSSR count). The highest BCUT2D eigenvalue weighted by molar-refractivity contribution is 7.80. The average molecular weight is 379 g/mol. The Labute approximate surface area is 162 Å². The molecule has 136 valence electrons. The van der Waals surface area contributed by atoms with E-state index in [1.165, 1.54) is 4.90 Å². The number of rotatable bonds is 5. The van der Waals surface area contributed by atoms with Crippen LogP contribution in [0.15, 0.2) is 48.2 Å². The Hall–Kier alpha value is -3.37. The lowest BCUT2D eigenvalue weighted by molar-refractivity contribution is -0.121. The zero-order valence-electron chi connectivity index (χ0n) is 14.9. The predicted octanol–water partition coefficient (Wildman–Crippen LogP) is 2.83. The summed E-state index contributed by atoms with van der Waals surface area (Å²) >= 11 is 5.07. The van der Waals surface area contributed by atoms with Crippen LogP contribution in [0.4, 0.5) is 0 Å². The zero-order valence-corrected chi connectivity index (χ0v) is 15.7. The van der Waals surface area contributed by atoms with E-state index in [4.69, 9.17) is 27.0 Å². The maximum absolute atomic E-state index is 12.1. The van der Waals surface area contributed by atoms with Crippen LogP contribution in [0.3, 0.4) is 0 Å². The third-order valence-electron chi connectivity index (χ3n) is 4.10. The monoisotopic (exact) mass is 379 g/mol. The van der Waals surface area contributed by atoms with Gasteiger partial charge in [-0.3, -0.25) is 9.69 Å². The Morgan fingerprint density at radius 3 is 2.70 bits per heavy atom. The quantitative estimate of drug-likeness (QED) is 0.636. The highest BCUT2D eigenvalue weighted by atomic mass is 32.1. The molecule has 2 aromatic carbocycles. The van der Waals surface area contributed by atoms with Crippen LogP contribution in [0.1, 0.15) is 16.7 Å². The number of thiocarbonyl (C=S) groups is 1. The molecule has 1 aliphatic heterocycles. The van der Waals surface area contributed by atoms with Crippen molar-refractivity contribution in [3.63, 3.8) is 0 Å². The van der Waals surface area contributed by atoms with Gasteiger partial charge in [-0.05, 0) is 42.1 Å². The van der Waals surface area contributed by atoms with Crippen molar-refractivity contribution in [1.82, 2.24) is 10.2 Å². The summed E-state index contributed by atoms with van der Waals surface area (Å²) in [5, 5.41) is 12.4. The zero-order chi connectivity index (χ0) is 19.4. The largest absolute Gasteiger partial charge is 0.493 e. The SMILES string of the molecule is COc1cc(/C=C2\NC(=S)N(C)C2=O)ccc1OCc1ccccc1C#N. The van der Waals surface area contributed by atoms with E-state index in [-0.39, 0.29) is 12.5 Å². The number of likely N-dealkylation sites (N-methyl/N-ethyl adjacent to an activating group) is 1. The molecule has 7 heteroatoms. The number of nitrogens with one attached hydrogen (secondary N) is 1. The van der Waals surface area contributed by atoms with E-state index in [0.717, 1.165) is 11.1 Å². The van der Waals surface area contributed by atoms with Crippen molar-refractivity contribution in [2.45, 2.75) is 6.61 Å². The highest BCUT2D eigenvalue weighted by Gasteiger charge is 2.26. The van der Waals surface area contributed by atoms with Gasteiger partial charge < -0.3 is 14.8 Å². The fraction of sp³-hybridized carbons (Fsp3) is 0.150. The normalized spacial score (nSPS) is 14.9. The van der Waals surface area contributed by atoms with Gasteiger partial charge in [-0.15, -0.1) is 0 Å². The molecule has 1 aliphatic rings. The first-order chi connectivity index (χ1) is 13.0. The minimum Gasteiger partial charge on any atom is -0.493 e. The highest BCUT2D eigenvalue weighted by Crippen LogP contribution is 2.30. The Morgan fingerprint density at radius 2 is 2.04 bits per heavy atom. The molecule has 0 radical (unpaired) electrons. The molecule has 0 atom stereocenters. The Balaban J connectivity index is 1.80. The van der Waals surface area contributed by atoms with E-state index in [1.54, 1.807) is 38.4 Å². The van der Waals surface area contributed by atoms with Crippen molar-refractivity contribution < 1.29 is 14.3 Å². The van der Waals surface area contributed by atoms with Crippen LogP contribution < -0.4 is 14.8 Å². The minimum atomic E-state index is -0.188. The lowest BCUT2D eigenvalue weighted by Crippen LogP contribution is -2.25. The van der Waals surface area contributed by atoms with Gasteiger partial charge in [0.25, 0.3) is 5.91 Å². The molecule has 0 unspecified atom stereocenters. The van der Waals surface area contributed by atoms with Gasteiger partial charge in [0, 0.05) is 12.6 Å². The summed E-state index contributed by atoms with van der Waals surface area (Å²) in [4.78, 5) is 13.5. The van der Waals surface area contributed by atoms with Gasteiger partial charge in [0.15, 0.2) is 16.6 Å². The summed E-state index contributed by atoms with van der Waals surface area (Å²) in [7, 11) is 3.17. The maximum atomic E-state index is 12.1. The molecular weight excluding hydrogens is 362 g/mol. The fourth-order valence-electron chi connectivity index (χ4n) is 2.59. The number of hydrogen-bond donors (Lipinski definition) is 1. The Kier molecular flexibility index (Phi) is 5.38. The number of ether oxygens (including phenoxy) is 2. The van der Waals surface area contributed by atoms with Crippen molar-refractivity contribution in [1.29, 1.82) is 5.26 Å². The molecule has 1 fully saturated rings. The molecule has 1 saturated heterocycles. The minimum absolute atomic E-state index is 0.188. The van der Waals surface area contributed by atoms with Crippen molar-refractivity contribution in [2.24, 2.45) is 0 Å². The third-order valence-corrected chi connectivity index (χ3v) is 4.48. The summed E-state index contributed by atoms with van der Waals surface area (Å²) in [6.07, 6.45) is 1.70. The van der Waals surface area contributed by atoms with Gasteiger partial charge in [-0.1, -0.05) is 24.3 Å². The van der Waals surface area contributed by atoms with Gasteiger partial charge in [0.2, 0.25) is 0 Å². The second-order valence-corrected chi connectivity index (χ2v) is 6.21. The van der Waals surface area contributed by atoms with Gasteiger partial charge in [0.1, 0.15) is 12.3 Å². The second kappa shape index (κ2) is 7.89. The first kappa shape index (κ1) is 18.4. The van der Waals surface area contributed by atoms with Gasteiger partial charge in [-0.2, -0.15) is 5.26 Å². The molecule has 0 aromatic heterocycles. The van der Waals surface area contributed by atoms with Crippen molar-refractivity contribution >= 4 is 29.3 Å². The van der Waals surface area contributed by atoms with Crippen LogP contribution in [0.25, 0.3) is 6.08 Å². The predicted molar refractivity (Wildman–Crippen MR) is 105 cm³/mol. The molecular formula is C20H17N3O3S. The number of methoxy groups -OCH3 is 1.